The third-order valence-corrected chi connectivity index (χ3v) is 6.39. The number of aromatic nitrogens is 2. The first-order valence-electron chi connectivity index (χ1n) is 9.67. The Bertz CT molecular complexity index is 676. The molecule has 136 valence electrons. The lowest BCUT2D eigenvalue weighted by Gasteiger charge is -2.49. The van der Waals surface area contributed by atoms with E-state index in [1.54, 1.807) is 0 Å². The monoisotopic (exact) mass is 343 g/mol. The fourth-order valence-corrected chi connectivity index (χ4v) is 4.67. The molecule has 25 heavy (non-hydrogen) atoms. The van der Waals surface area contributed by atoms with Gasteiger partial charge < -0.3 is 10.2 Å². The molecule has 0 bridgehead atoms. The second-order valence-corrected chi connectivity index (χ2v) is 7.91. The Labute approximate surface area is 150 Å². The number of carbonyl (C=O) groups excluding carboxylic acids is 1. The molecule has 0 saturated carbocycles. The predicted octanol–water partition coefficient (Wildman–Crippen LogP) is 1.45. The van der Waals surface area contributed by atoms with Crippen molar-refractivity contribution in [3.05, 3.63) is 17.0 Å². The van der Waals surface area contributed by atoms with Gasteiger partial charge in [-0.1, -0.05) is 0 Å². The Morgan fingerprint density at radius 3 is 2.80 bits per heavy atom. The number of nitrogens with zero attached hydrogens (tertiary/aromatic N) is 4. The highest BCUT2D eigenvalue weighted by atomic mass is 16.1. The summed E-state index contributed by atoms with van der Waals surface area (Å²) < 4.78 is 0. The number of fused-ring (bicyclic) bond motifs is 1. The van der Waals surface area contributed by atoms with Gasteiger partial charge in [0.05, 0.1) is 0 Å². The average Bonchev–Trinajstić information content (AvgIpc) is 2.80. The molecule has 1 amide bonds. The summed E-state index contributed by atoms with van der Waals surface area (Å²) in [6.45, 7) is 5.76. The van der Waals surface area contributed by atoms with Gasteiger partial charge in [0, 0.05) is 49.5 Å². The second-order valence-electron chi connectivity index (χ2n) is 7.91. The number of carbonyl (C=O) groups is 1. The van der Waals surface area contributed by atoms with E-state index >= 15 is 0 Å². The normalized spacial score (nSPS) is 27.8. The van der Waals surface area contributed by atoms with Gasteiger partial charge >= 0.3 is 0 Å². The smallest absolute Gasteiger partial charge is 0.225 e. The Morgan fingerprint density at radius 2 is 1.92 bits per heavy atom. The molecule has 6 heteroatoms. The van der Waals surface area contributed by atoms with Gasteiger partial charge in [-0.2, -0.15) is 0 Å². The van der Waals surface area contributed by atoms with Gasteiger partial charge in [0.25, 0.3) is 0 Å². The molecule has 3 aliphatic rings. The lowest BCUT2D eigenvalue weighted by molar-refractivity contribution is -0.120. The lowest BCUT2D eigenvalue weighted by atomic mass is 9.86. The van der Waals surface area contributed by atoms with E-state index in [4.69, 9.17) is 9.97 Å². The summed E-state index contributed by atoms with van der Waals surface area (Å²) in [4.78, 5) is 26.4. The number of hydrogen-bond donors (Lipinski definition) is 1. The third-order valence-electron chi connectivity index (χ3n) is 6.39. The van der Waals surface area contributed by atoms with Crippen LogP contribution in [0.3, 0.4) is 0 Å². The van der Waals surface area contributed by atoms with Crippen LogP contribution < -0.4 is 10.2 Å². The molecule has 2 aliphatic heterocycles. The van der Waals surface area contributed by atoms with Crippen LogP contribution >= 0.6 is 0 Å². The first-order valence-corrected chi connectivity index (χ1v) is 9.67. The van der Waals surface area contributed by atoms with Gasteiger partial charge in [-0.15, -0.1) is 0 Å². The molecule has 1 spiro atoms. The molecule has 1 aromatic rings. The molecular formula is C19H29N5O. The zero-order chi connectivity index (χ0) is 17.4. The number of anilines is 1. The fraction of sp³-hybridized carbons (Fsp3) is 0.737. The molecule has 2 fully saturated rings. The lowest BCUT2D eigenvalue weighted by Crippen LogP contribution is -2.61. The quantitative estimate of drug-likeness (QED) is 0.836. The van der Waals surface area contributed by atoms with Crippen molar-refractivity contribution in [3.8, 4) is 0 Å². The van der Waals surface area contributed by atoms with Crippen molar-refractivity contribution < 1.29 is 4.79 Å². The van der Waals surface area contributed by atoms with E-state index < -0.39 is 0 Å². The van der Waals surface area contributed by atoms with Crippen LogP contribution in [0.5, 0.6) is 0 Å². The maximum absolute atomic E-state index is 11.8. The van der Waals surface area contributed by atoms with E-state index in [0.717, 1.165) is 63.5 Å². The molecule has 2 saturated heterocycles. The molecule has 4 rings (SSSR count). The van der Waals surface area contributed by atoms with E-state index in [9.17, 15) is 4.79 Å². The van der Waals surface area contributed by atoms with Gasteiger partial charge in [-0.25, -0.2) is 9.97 Å². The number of rotatable bonds is 1. The fourth-order valence-electron chi connectivity index (χ4n) is 4.67. The number of aryl methyl sites for hydroxylation is 2. The largest absolute Gasteiger partial charge is 0.356 e. The number of amides is 1. The molecule has 3 heterocycles. The van der Waals surface area contributed by atoms with Crippen molar-refractivity contribution >= 4 is 11.9 Å². The van der Waals surface area contributed by atoms with Crippen LogP contribution in [0.15, 0.2) is 0 Å². The predicted molar refractivity (Wildman–Crippen MR) is 97.8 cm³/mol. The van der Waals surface area contributed by atoms with Crippen molar-refractivity contribution in [2.45, 2.75) is 57.4 Å². The van der Waals surface area contributed by atoms with Gasteiger partial charge in [0.1, 0.15) is 0 Å². The SMILES string of the molecule is Cc1nc(N2CCN(C)[C@]3(CCNC(=O)CC3)C2)nc2c1CCCC2. The first-order chi connectivity index (χ1) is 12.1. The van der Waals surface area contributed by atoms with Crippen molar-refractivity contribution in [3.63, 3.8) is 0 Å². The summed E-state index contributed by atoms with van der Waals surface area (Å²) in [5.74, 6) is 1.08. The summed E-state index contributed by atoms with van der Waals surface area (Å²) in [7, 11) is 2.20. The molecule has 6 nitrogen and oxygen atoms in total. The van der Waals surface area contributed by atoms with Crippen molar-refractivity contribution in [2.75, 3.05) is 38.1 Å². The Balaban J connectivity index is 1.61. The van der Waals surface area contributed by atoms with Gasteiger partial charge in [-0.05, 0) is 58.1 Å². The van der Waals surface area contributed by atoms with Crippen molar-refractivity contribution in [1.82, 2.24) is 20.2 Å². The van der Waals surface area contributed by atoms with Crippen LogP contribution in [-0.4, -0.2) is 59.5 Å². The van der Waals surface area contributed by atoms with Crippen LogP contribution in [0.4, 0.5) is 5.95 Å². The number of likely N-dealkylation sites (N-methyl/N-ethyl adjacent to an activating group) is 1. The molecule has 1 aliphatic carbocycles. The minimum atomic E-state index is 0.0462. The summed E-state index contributed by atoms with van der Waals surface area (Å²) in [6, 6.07) is 0. The summed E-state index contributed by atoms with van der Waals surface area (Å²) in [5.41, 5.74) is 3.85. The van der Waals surface area contributed by atoms with Crippen LogP contribution in [0, 0.1) is 6.92 Å². The van der Waals surface area contributed by atoms with E-state index in [1.807, 2.05) is 0 Å². The van der Waals surface area contributed by atoms with Crippen molar-refractivity contribution in [2.24, 2.45) is 0 Å². The third kappa shape index (κ3) is 3.12. The highest BCUT2D eigenvalue weighted by Gasteiger charge is 2.41. The van der Waals surface area contributed by atoms with Crippen molar-refractivity contribution in [1.29, 1.82) is 0 Å². The Morgan fingerprint density at radius 1 is 1.08 bits per heavy atom. The van der Waals surface area contributed by atoms with Gasteiger partial charge in [-0.3, -0.25) is 9.69 Å². The molecule has 1 aromatic heterocycles. The Kier molecular flexibility index (Phi) is 4.40. The van der Waals surface area contributed by atoms with E-state index in [1.165, 1.54) is 24.1 Å². The zero-order valence-corrected chi connectivity index (χ0v) is 15.5. The molecule has 0 aromatic carbocycles. The summed E-state index contributed by atoms with van der Waals surface area (Å²) >= 11 is 0. The second kappa shape index (κ2) is 6.56. The number of piperazine rings is 1. The van der Waals surface area contributed by atoms with Crippen LogP contribution in [0.2, 0.25) is 0 Å². The molecule has 0 radical (unpaired) electrons. The van der Waals surface area contributed by atoms with E-state index in [-0.39, 0.29) is 11.4 Å². The van der Waals surface area contributed by atoms with E-state index in [0.29, 0.717) is 6.42 Å². The summed E-state index contributed by atoms with van der Waals surface area (Å²) in [5, 5.41) is 3.03. The topological polar surface area (TPSA) is 61.4 Å². The maximum Gasteiger partial charge on any atom is 0.225 e. The molecule has 1 atom stereocenters. The highest BCUT2D eigenvalue weighted by molar-refractivity contribution is 5.76. The number of hydrogen-bond acceptors (Lipinski definition) is 5. The Hall–Kier alpha value is -1.69. The highest BCUT2D eigenvalue weighted by Crippen LogP contribution is 2.32. The maximum atomic E-state index is 11.8. The van der Waals surface area contributed by atoms with Gasteiger partial charge in [0.2, 0.25) is 11.9 Å². The standard InChI is InChI=1S/C19H29N5O/c1-14-15-5-3-4-6-16(15)22-18(21-14)24-12-11-23(2)19(13-24)8-7-17(25)20-10-9-19/h3-13H2,1-2H3,(H,20,25)/t19-/m1/s1. The van der Waals surface area contributed by atoms with Crippen LogP contribution in [0.1, 0.15) is 49.1 Å². The van der Waals surface area contributed by atoms with Crippen LogP contribution in [-0.2, 0) is 17.6 Å². The number of nitrogens with one attached hydrogen (secondary N) is 1. The minimum Gasteiger partial charge on any atom is -0.356 e. The minimum absolute atomic E-state index is 0.0462. The zero-order valence-electron chi connectivity index (χ0n) is 15.5. The molecule has 1 N–H and O–H groups in total. The van der Waals surface area contributed by atoms with Gasteiger partial charge in [0.15, 0.2) is 0 Å². The summed E-state index contributed by atoms with van der Waals surface area (Å²) in [6.07, 6.45) is 7.23. The first kappa shape index (κ1) is 16.8. The molecular weight excluding hydrogens is 314 g/mol. The average molecular weight is 343 g/mol. The molecule has 0 unspecified atom stereocenters. The van der Waals surface area contributed by atoms with E-state index in [2.05, 4.69) is 29.1 Å². The van der Waals surface area contributed by atoms with Crippen LogP contribution in [0.25, 0.3) is 0 Å².